The van der Waals surface area contributed by atoms with Crippen molar-refractivity contribution in [2.24, 2.45) is 4.99 Å². The van der Waals surface area contributed by atoms with Gasteiger partial charge in [-0.25, -0.2) is 0 Å². The molecule has 0 aliphatic carbocycles. The van der Waals surface area contributed by atoms with E-state index in [9.17, 15) is 0 Å². The Labute approximate surface area is 130 Å². The van der Waals surface area contributed by atoms with Gasteiger partial charge >= 0.3 is 0 Å². The molecule has 1 atom stereocenters. The average molecular weight is 289 g/mol. The molecule has 0 aromatic heterocycles. The Morgan fingerprint density at radius 2 is 1.67 bits per heavy atom. The maximum atomic E-state index is 5.76. The van der Waals surface area contributed by atoms with Gasteiger partial charge in [-0.15, -0.1) is 0 Å². The van der Waals surface area contributed by atoms with Gasteiger partial charge < -0.3 is 4.74 Å². The molecule has 2 heteroatoms. The fraction of sp³-hybridized carbons (Fsp3) is 0.632. The Morgan fingerprint density at radius 3 is 2.33 bits per heavy atom. The van der Waals surface area contributed by atoms with Crippen molar-refractivity contribution >= 4 is 6.21 Å². The van der Waals surface area contributed by atoms with Crippen LogP contribution in [0.4, 0.5) is 0 Å². The molecule has 118 valence electrons. The number of nitrogens with zero attached hydrogens (tertiary/aromatic N) is 1. The predicted octanol–water partition coefficient (Wildman–Crippen LogP) is 5.64. The second-order valence-corrected chi connectivity index (χ2v) is 5.71. The number of unbranched alkanes of at least 4 members (excludes halogenated alkanes) is 5. The Bertz CT molecular complexity index is 383. The van der Waals surface area contributed by atoms with Gasteiger partial charge in [0.2, 0.25) is 0 Å². The number of hydrogen-bond acceptors (Lipinski definition) is 2. The van der Waals surface area contributed by atoms with E-state index in [1.165, 1.54) is 38.5 Å². The van der Waals surface area contributed by atoms with Crippen LogP contribution in [-0.4, -0.2) is 18.9 Å². The molecule has 1 aromatic carbocycles. The van der Waals surface area contributed by atoms with Crippen LogP contribution in [0.25, 0.3) is 0 Å². The summed E-state index contributed by atoms with van der Waals surface area (Å²) >= 11 is 0. The predicted molar refractivity (Wildman–Crippen MR) is 92.7 cm³/mol. The second kappa shape index (κ2) is 11.4. The summed E-state index contributed by atoms with van der Waals surface area (Å²) < 4.78 is 5.76. The normalized spacial score (nSPS) is 12.7. The summed E-state index contributed by atoms with van der Waals surface area (Å²) in [5.41, 5.74) is 1.15. The summed E-state index contributed by atoms with van der Waals surface area (Å²) in [5.74, 6) is 0.942. The second-order valence-electron chi connectivity index (χ2n) is 5.71. The van der Waals surface area contributed by atoms with Gasteiger partial charge in [-0.3, -0.25) is 4.99 Å². The first-order valence-corrected chi connectivity index (χ1v) is 8.52. The highest BCUT2D eigenvalue weighted by Crippen LogP contribution is 2.14. The summed E-state index contributed by atoms with van der Waals surface area (Å²) in [6.07, 6.45) is 11.2. The minimum absolute atomic E-state index is 0.275. The molecule has 0 aliphatic heterocycles. The highest BCUT2D eigenvalue weighted by atomic mass is 16.5. The monoisotopic (exact) mass is 289 g/mol. The van der Waals surface area contributed by atoms with E-state index in [4.69, 9.17) is 4.74 Å². The number of benzene rings is 1. The van der Waals surface area contributed by atoms with Crippen LogP contribution in [0.15, 0.2) is 29.3 Å². The zero-order valence-corrected chi connectivity index (χ0v) is 14.0. The van der Waals surface area contributed by atoms with Crippen molar-refractivity contribution in [3.8, 4) is 5.75 Å². The molecule has 21 heavy (non-hydrogen) atoms. The number of aliphatic imine (C=N–C) groups is 1. The van der Waals surface area contributed by atoms with Crippen LogP contribution in [-0.2, 0) is 0 Å². The molecular weight excluding hydrogens is 258 g/mol. The standard InChI is InChI=1S/C19H31NO/c1-4-6-7-8-9-10-15-20-16-18-11-13-19(14-12-18)21-17(3)5-2/h11-14,16-17H,4-10,15H2,1-3H3. The molecule has 0 heterocycles. The van der Waals surface area contributed by atoms with Crippen molar-refractivity contribution in [1.82, 2.24) is 0 Å². The van der Waals surface area contributed by atoms with Crippen LogP contribution in [0, 0.1) is 0 Å². The maximum absolute atomic E-state index is 5.76. The van der Waals surface area contributed by atoms with Gasteiger partial charge in [-0.2, -0.15) is 0 Å². The van der Waals surface area contributed by atoms with E-state index in [-0.39, 0.29) is 6.10 Å². The van der Waals surface area contributed by atoms with Crippen LogP contribution in [0.3, 0.4) is 0 Å². The Balaban J connectivity index is 2.20. The maximum Gasteiger partial charge on any atom is 0.119 e. The number of rotatable bonds is 11. The molecule has 0 bridgehead atoms. The van der Waals surface area contributed by atoms with Crippen molar-refractivity contribution < 1.29 is 4.74 Å². The fourth-order valence-electron chi connectivity index (χ4n) is 2.10. The molecule has 0 saturated heterocycles. The molecule has 0 radical (unpaired) electrons. The van der Waals surface area contributed by atoms with Crippen LogP contribution in [0.1, 0.15) is 71.3 Å². The first-order valence-electron chi connectivity index (χ1n) is 8.52. The van der Waals surface area contributed by atoms with Crippen molar-refractivity contribution in [3.05, 3.63) is 29.8 Å². The minimum atomic E-state index is 0.275. The summed E-state index contributed by atoms with van der Waals surface area (Å²) in [6, 6.07) is 8.20. The van der Waals surface area contributed by atoms with Gasteiger partial charge in [0.1, 0.15) is 5.75 Å². The highest BCUT2D eigenvalue weighted by molar-refractivity contribution is 5.79. The highest BCUT2D eigenvalue weighted by Gasteiger charge is 2.00. The van der Waals surface area contributed by atoms with E-state index in [1.807, 2.05) is 18.3 Å². The van der Waals surface area contributed by atoms with E-state index < -0.39 is 0 Å². The topological polar surface area (TPSA) is 21.6 Å². The molecule has 0 amide bonds. The summed E-state index contributed by atoms with van der Waals surface area (Å²) in [5, 5.41) is 0. The lowest BCUT2D eigenvalue weighted by Crippen LogP contribution is -2.09. The molecule has 1 unspecified atom stereocenters. The van der Waals surface area contributed by atoms with Crippen LogP contribution >= 0.6 is 0 Å². The minimum Gasteiger partial charge on any atom is -0.491 e. The number of hydrogen-bond donors (Lipinski definition) is 0. The Kier molecular flexibility index (Phi) is 9.60. The Hall–Kier alpha value is -1.31. The summed E-state index contributed by atoms with van der Waals surface area (Å²) in [6.45, 7) is 7.42. The summed E-state index contributed by atoms with van der Waals surface area (Å²) in [4.78, 5) is 4.50. The largest absolute Gasteiger partial charge is 0.491 e. The van der Waals surface area contributed by atoms with E-state index in [0.29, 0.717) is 0 Å². The fourth-order valence-corrected chi connectivity index (χ4v) is 2.10. The van der Waals surface area contributed by atoms with E-state index in [2.05, 4.69) is 37.9 Å². The van der Waals surface area contributed by atoms with Crippen molar-refractivity contribution in [2.75, 3.05) is 6.54 Å². The lowest BCUT2D eigenvalue weighted by atomic mass is 10.1. The van der Waals surface area contributed by atoms with Gasteiger partial charge in [0, 0.05) is 12.8 Å². The molecule has 0 N–H and O–H groups in total. The third-order valence-corrected chi connectivity index (χ3v) is 3.67. The number of ether oxygens (including phenoxy) is 1. The van der Waals surface area contributed by atoms with Crippen LogP contribution < -0.4 is 4.74 Å². The van der Waals surface area contributed by atoms with Gasteiger partial charge in [0.05, 0.1) is 6.10 Å². The Morgan fingerprint density at radius 1 is 1.00 bits per heavy atom. The zero-order valence-electron chi connectivity index (χ0n) is 14.0. The first-order chi connectivity index (χ1) is 10.3. The average Bonchev–Trinajstić information content (AvgIpc) is 2.51. The van der Waals surface area contributed by atoms with Crippen LogP contribution in [0.2, 0.25) is 0 Å². The van der Waals surface area contributed by atoms with Crippen molar-refractivity contribution in [1.29, 1.82) is 0 Å². The molecule has 0 saturated carbocycles. The lowest BCUT2D eigenvalue weighted by molar-refractivity contribution is 0.217. The van der Waals surface area contributed by atoms with E-state index in [1.54, 1.807) is 0 Å². The van der Waals surface area contributed by atoms with Gasteiger partial charge in [-0.05, 0) is 49.6 Å². The third kappa shape index (κ3) is 8.54. The van der Waals surface area contributed by atoms with Gasteiger partial charge in [0.25, 0.3) is 0 Å². The molecule has 0 fully saturated rings. The molecule has 0 spiro atoms. The molecular formula is C19H31NO. The van der Waals surface area contributed by atoms with Gasteiger partial charge in [-0.1, -0.05) is 46.0 Å². The quantitative estimate of drug-likeness (QED) is 0.381. The van der Waals surface area contributed by atoms with Crippen molar-refractivity contribution in [2.45, 2.75) is 71.8 Å². The molecule has 1 aromatic rings. The van der Waals surface area contributed by atoms with E-state index >= 15 is 0 Å². The SMILES string of the molecule is CCCCCCCCN=Cc1ccc(OC(C)CC)cc1. The smallest absolute Gasteiger partial charge is 0.119 e. The van der Waals surface area contributed by atoms with E-state index in [0.717, 1.165) is 24.3 Å². The molecule has 0 aliphatic rings. The van der Waals surface area contributed by atoms with Gasteiger partial charge in [0.15, 0.2) is 0 Å². The third-order valence-electron chi connectivity index (χ3n) is 3.67. The lowest BCUT2D eigenvalue weighted by Gasteiger charge is -2.12. The zero-order chi connectivity index (χ0) is 15.3. The summed E-state index contributed by atoms with van der Waals surface area (Å²) in [7, 11) is 0. The van der Waals surface area contributed by atoms with Crippen LogP contribution in [0.5, 0.6) is 5.75 Å². The first kappa shape index (κ1) is 17.7. The molecule has 2 nitrogen and oxygen atoms in total. The van der Waals surface area contributed by atoms with Crippen molar-refractivity contribution in [3.63, 3.8) is 0 Å². The molecule has 1 rings (SSSR count).